The predicted octanol–water partition coefficient (Wildman–Crippen LogP) is 3.05. The predicted molar refractivity (Wildman–Crippen MR) is 67.0 cm³/mol. The maximum absolute atomic E-state index is 2.65. The minimum Gasteiger partial charge on any atom is -0.302 e. The molecule has 0 aromatic carbocycles. The Kier molecular flexibility index (Phi) is 2.89. The van der Waals surface area contributed by atoms with E-state index in [1.807, 2.05) is 0 Å². The van der Waals surface area contributed by atoms with Crippen LogP contribution in [0.2, 0.25) is 0 Å². The van der Waals surface area contributed by atoms with Crippen molar-refractivity contribution in [2.45, 2.75) is 30.9 Å². The molecule has 2 heteroatoms. The van der Waals surface area contributed by atoms with Crippen LogP contribution in [0.3, 0.4) is 0 Å². The summed E-state index contributed by atoms with van der Waals surface area (Å²) >= 11 is 2.17. The van der Waals surface area contributed by atoms with Gasteiger partial charge in [0, 0.05) is 11.8 Å². The molecule has 3 aliphatic heterocycles. The summed E-state index contributed by atoms with van der Waals surface area (Å²) in [6, 6.07) is 0. The number of hydrogen-bond donors (Lipinski definition) is 0. The lowest BCUT2D eigenvalue weighted by Crippen LogP contribution is -2.49. The van der Waals surface area contributed by atoms with E-state index in [0.29, 0.717) is 0 Å². The highest BCUT2D eigenvalue weighted by Crippen LogP contribution is 2.39. The van der Waals surface area contributed by atoms with Gasteiger partial charge in [-0.25, -0.2) is 0 Å². The largest absolute Gasteiger partial charge is 0.302 e. The molecule has 4 aliphatic rings. The van der Waals surface area contributed by atoms with Crippen LogP contribution in [0.25, 0.3) is 0 Å². The van der Waals surface area contributed by atoms with Gasteiger partial charge in [0.15, 0.2) is 0 Å². The van der Waals surface area contributed by atoms with Crippen molar-refractivity contribution in [2.75, 3.05) is 19.6 Å². The van der Waals surface area contributed by atoms with Crippen LogP contribution >= 0.6 is 11.8 Å². The monoisotopic (exact) mass is 221 g/mol. The Balaban J connectivity index is 1.63. The zero-order valence-electron chi connectivity index (χ0n) is 9.19. The number of fused-ring (bicyclic) bond motifs is 3. The van der Waals surface area contributed by atoms with Crippen molar-refractivity contribution in [3.8, 4) is 0 Å². The Morgan fingerprint density at radius 3 is 2.73 bits per heavy atom. The Morgan fingerprint density at radius 2 is 2.13 bits per heavy atom. The summed E-state index contributed by atoms with van der Waals surface area (Å²) in [7, 11) is 0. The average molecular weight is 221 g/mol. The minimum atomic E-state index is 0.894. The van der Waals surface area contributed by atoms with Crippen LogP contribution in [-0.2, 0) is 0 Å². The van der Waals surface area contributed by atoms with Crippen molar-refractivity contribution >= 4 is 11.8 Å². The Hall–Kier alpha value is -0.210. The Morgan fingerprint density at radius 1 is 1.27 bits per heavy atom. The standard InChI is InChI=1S/C13H19NS/c1-2-4-12(5-3-1)15-13-10-14-8-6-11(13)7-9-14/h1-2,4,11,13H,3,5-10H2. The van der Waals surface area contributed by atoms with Crippen molar-refractivity contribution in [3.05, 3.63) is 23.1 Å². The molecule has 2 bridgehead atoms. The number of nitrogens with zero attached hydrogens (tertiary/aromatic N) is 1. The van der Waals surface area contributed by atoms with E-state index in [1.165, 1.54) is 45.3 Å². The molecule has 1 aliphatic carbocycles. The highest BCUT2D eigenvalue weighted by molar-refractivity contribution is 8.03. The van der Waals surface area contributed by atoms with Crippen LogP contribution in [-0.4, -0.2) is 29.8 Å². The number of thioether (sulfide) groups is 1. The molecular weight excluding hydrogens is 202 g/mol. The van der Waals surface area contributed by atoms with E-state index in [-0.39, 0.29) is 0 Å². The quantitative estimate of drug-likeness (QED) is 0.705. The molecule has 3 fully saturated rings. The fourth-order valence-corrected chi connectivity index (χ4v) is 4.45. The summed E-state index contributed by atoms with van der Waals surface area (Å²) < 4.78 is 0. The molecule has 0 spiro atoms. The second-order valence-corrected chi connectivity index (χ2v) is 6.26. The van der Waals surface area contributed by atoms with Crippen LogP contribution in [0.15, 0.2) is 23.1 Å². The van der Waals surface area contributed by atoms with Crippen LogP contribution in [0, 0.1) is 5.92 Å². The summed E-state index contributed by atoms with van der Waals surface area (Å²) in [5, 5.41) is 0.894. The normalized spacial score (nSPS) is 39.2. The zero-order chi connectivity index (χ0) is 10.1. The van der Waals surface area contributed by atoms with E-state index in [2.05, 4.69) is 34.9 Å². The number of rotatable bonds is 2. The third-order valence-corrected chi connectivity index (χ3v) is 5.35. The second-order valence-electron chi connectivity index (χ2n) is 4.89. The van der Waals surface area contributed by atoms with Gasteiger partial charge in [0.1, 0.15) is 0 Å². The molecule has 0 aromatic rings. The van der Waals surface area contributed by atoms with Gasteiger partial charge < -0.3 is 4.90 Å². The molecule has 0 amide bonds. The van der Waals surface area contributed by atoms with Gasteiger partial charge in [-0.1, -0.05) is 18.2 Å². The summed E-state index contributed by atoms with van der Waals surface area (Å²) in [5.74, 6) is 1.01. The van der Waals surface area contributed by atoms with Gasteiger partial charge in [-0.05, 0) is 49.6 Å². The minimum absolute atomic E-state index is 0.894. The molecule has 0 saturated carbocycles. The summed E-state index contributed by atoms with van der Waals surface area (Å²) in [5.41, 5.74) is 0. The molecule has 3 saturated heterocycles. The van der Waals surface area contributed by atoms with Crippen molar-refractivity contribution in [2.24, 2.45) is 5.92 Å². The fourth-order valence-electron chi connectivity index (χ4n) is 2.92. The van der Waals surface area contributed by atoms with E-state index in [1.54, 1.807) is 4.91 Å². The van der Waals surface area contributed by atoms with Crippen molar-refractivity contribution in [3.63, 3.8) is 0 Å². The lowest BCUT2D eigenvalue weighted by atomic mass is 9.88. The van der Waals surface area contributed by atoms with Crippen molar-refractivity contribution in [1.29, 1.82) is 0 Å². The fraction of sp³-hybridized carbons (Fsp3) is 0.692. The first-order chi connectivity index (χ1) is 7.42. The van der Waals surface area contributed by atoms with E-state index in [0.717, 1.165) is 11.2 Å². The van der Waals surface area contributed by atoms with Gasteiger partial charge in [-0.2, -0.15) is 0 Å². The maximum Gasteiger partial charge on any atom is 0.0248 e. The zero-order valence-corrected chi connectivity index (χ0v) is 10.0. The van der Waals surface area contributed by atoms with Crippen LogP contribution in [0.4, 0.5) is 0 Å². The summed E-state index contributed by atoms with van der Waals surface area (Å²) in [6.07, 6.45) is 12.3. The highest BCUT2D eigenvalue weighted by atomic mass is 32.2. The molecule has 0 aromatic heterocycles. The van der Waals surface area contributed by atoms with E-state index in [9.17, 15) is 0 Å². The topological polar surface area (TPSA) is 3.24 Å². The third-order valence-electron chi connectivity index (χ3n) is 3.87. The van der Waals surface area contributed by atoms with Gasteiger partial charge in [0.2, 0.25) is 0 Å². The van der Waals surface area contributed by atoms with Gasteiger partial charge in [-0.3, -0.25) is 0 Å². The van der Waals surface area contributed by atoms with Crippen molar-refractivity contribution in [1.82, 2.24) is 4.90 Å². The Bertz CT molecular complexity index is 287. The number of piperidine rings is 3. The lowest BCUT2D eigenvalue weighted by Gasteiger charge is -2.44. The number of hydrogen-bond acceptors (Lipinski definition) is 2. The van der Waals surface area contributed by atoms with Gasteiger partial charge in [0.05, 0.1) is 0 Å². The molecule has 1 unspecified atom stereocenters. The summed E-state index contributed by atoms with van der Waals surface area (Å²) in [6.45, 7) is 4.07. The van der Waals surface area contributed by atoms with Gasteiger partial charge in [-0.15, -0.1) is 11.8 Å². The first kappa shape index (κ1) is 9.98. The summed E-state index contributed by atoms with van der Waals surface area (Å²) in [4.78, 5) is 4.27. The molecule has 1 nitrogen and oxygen atoms in total. The van der Waals surface area contributed by atoms with Crippen LogP contribution in [0.5, 0.6) is 0 Å². The highest BCUT2D eigenvalue weighted by Gasteiger charge is 2.34. The Labute approximate surface area is 96.6 Å². The molecule has 1 atom stereocenters. The molecule has 3 heterocycles. The van der Waals surface area contributed by atoms with Crippen molar-refractivity contribution < 1.29 is 0 Å². The van der Waals surface area contributed by atoms with E-state index >= 15 is 0 Å². The number of allylic oxidation sites excluding steroid dienone is 4. The molecule has 82 valence electrons. The molecule has 0 N–H and O–H groups in total. The first-order valence-corrected chi connectivity index (χ1v) is 7.04. The molecule has 0 radical (unpaired) electrons. The van der Waals surface area contributed by atoms with Gasteiger partial charge >= 0.3 is 0 Å². The average Bonchev–Trinajstić information content (AvgIpc) is 2.32. The third kappa shape index (κ3) is 2.16. The van der Waals surface area contributed by atoms with Gasteiger partial charge in [0.25, 0.3) is 0 Å². The van der Waals surface area contributed by atoms with E-state index < -0.39 is 0 Å². The molecule has 4 rings (SSSR count). The maximum atomic E-state index is 2.65. The van der Waals surface area contributed by atoms with Crippen LogP contribution < -0.4 is 0 Å². The molecule has 15 heavy (non-hydrogen) atoms. The first-order valence-electron chi connectivity index (χ1n) is 6.16. The van der Waals surface area contributed by atoms with Crippen LogP contribution in [0.1, 0.15) is 25.7 Å². The SMILES string of the molecule is C1=CCCC(SC2CN3CCC2CC3)=C1. The smallest absolute Gasteiger partial charge is 0.0248 e. The second kappa shape index (κ2) is 4.34. The lowest BCUT2D eigenvalue weighted by molar-refractivity contribution is 0.118. The van der Waals surface area contributed by atoms with E-state index in [4.69, 9.17) is 0 Å². The molecular formula is C13H19NS.